The first kappa shape index (κ1) is 40.1. The molecule has 7 aromatic rings. The minimum Gasteiger partial charge on any atom is -0.468 e. The third kappa shape index (κ3) is 6.40. The molecule has 0 atom stereocenters. The molecule has 0 radical (unpaired) electrons. The fourth-order valence-corrected chi connectivity index (χ4v) is 14.6. The van der Waals surface area contributed by atoms with Crippen LogP contribution in [0.15, 0.2) is 107 Å². The molecule has 71 heavy (non-hydrogen) atoms. The van der Waals surface area contributed by atoms with Gasteiger partial charge in [0.1, 0.15) is 5.58 Å². The summed E-state index contributed by atoms with van der Waals surface area (Å²) in [5.74, 6) is 0. The predicted octanol–water partition coefficient (Wildman–Crippen LogP) is 16.6. The summed E-state index contributed by atoms with van der Waals surface area (Å²) in [5, 5.41) is 1.09. The predicted molar refractivity (Wildman–Crippen MR) is 303 cm³/mol. The van der Waals surface area contributed by atoms with E-state index in [1.54, 1.807) is 0 Å². The molecule has 0 amide bonds. The van der Waals surface area contributed by atoms with Crippen LogP contribution in [0.25, 0.3) is 22.1 Å². The lowest BCUT2D eigenvalue weighted by molar-refractivity contribution is 0.188. The van der Waals surface area contributed by atoms with Crippen molar-refractivity contribution in [2.75, 3.05) is 9.80 Å². The number of aryl methyl sites for hydroxylation is 1. The van der Waals surface area contributed by atoms with E-state index in [9.17, 15) is 2.74 Å². The summed E-state index contributed by atoms with van der Waals surface area (Å²) in [6, 6.07) is 26.9. The summed E-state index contributed by atoms with van der Waals surface area (Å²) < 4.78 is 53.7. The Balaban J connectivity index is 1.21. The molecule has 3 nitrogen and oxygen atoms in total. The molecule has 1 aromatic heterocycles. The summed E-state index contributed by atoms with van der Waals surface area (Å²) in [6.45, 7) is 32.8. The largest absolute Gasteiger partial charge is 0.468 e. The minimum atomic E-state index is -0.395. The second kappa shape index (κ2) is 14.4. The zero-order chi connectivity index (χ0) is 54.1. The number of furan rings is 1. The third-order valence-electron chi connectivity index (χ3n) is 19.7. The number of rotatable bonds is 3. The van der Waals surface area contributed by atoms with Gasteiger partial charge in [0.05, 0.1) is 18.2 Å². The van der Waals surface area contributed by atoms with E-state index in [0.29, 0.717) is 5.56 Å². The van der Waals surface area contributed by atoms with Gasteiger partial charge < -0.3 is 14.2 Å². The van der Waals surface area contributed by atoms with Gasteiger partial charge in [-0.15, -0.1) is 0 Å². The monoisotopic (exact) mass is 940 g/mol. The van der Waals surface area contributed by atoms with Crippen molar-refractivity contribution in [1.29, 1.82) is 0 Å². The first-order valence-corrected chi connectivity index (χ1v) is 26.9. The van der Waals surface area contributed by atoms with E-state index >= 15 is 0 Å². The third-order valence-corrected chi connectivity index (χ3v) is 19.7. The van der Waals surface area contributed by atoms with Crippen molar-refractivity contribution in [1.82, 2.24) is 0 Å². The van der Waals surface area contributed by atoms with Crippen LogP contribution in [-0.4, -0.2) is 6.71 Å². The lowest BCUT2D eigenvalue weighted by atomic mass is 9.35. The Morgan fingerprint density at radius 3 is 1.70 bits per heavy atom. The van der Waals surface area contributed by atoms with Gasteiger partial charge in [0, 0.05) is 33.8 Å². The molecule has 3 heterocycles. The Morgan fingerprint density at radius 2 is 1.08 bits per heavy atom. The van der Waals surface area contributed by atoms with Crippen LogP contribution < -0.4 is 26.4 Å². The molecular weight excluding hydrogens is 860 g/mol. The normalized spacial score (nSPS) is 24.6. The van der Waals surface area contributed by atoms with Crippen LogP contribution in [0, 0.1) is 6.92 Å². The average molecular weight is 940 g/mol. The van der Waals surface area contributed by atoms with Gasteiger partial charge in [-0.25, -0.2) is 0 Å². The molecule has 14 rings (SSSR count). The molecule has 0 spiro atoms. The SMILES string of the molecule is [2H]c1c([2H])c([2H])c(-c2cc3c4c(c2)N(c2ccc5c(c2)C(C)(C)CCC5(C)C)c2c(oc5cc6c(cc25)C2(C)CCC6(C)CC2)B4c2ccc(C(C)(C)C)cc2N3c2cc3c(cc2C)C(C)(C)CCC3(C)C)c([2H])c1[2H]. The topological polar surface area (TPSA) is 19.6 Å². The highest BCUT2D eigenvalue weighted by Crippen LogP contribution is 2.59. The smallest absolute Gasteiger partial charge is 0.297 e. The average Bonchev–Trinajstić information content (AvgIpc) is 3.95. The molecule has 0 N–H and O–H groups in total. The molecule has 6 aromatic carbocycles. The zero-order valence-electron chi connectivity index (χ0n) is 50.0. The van der Waals surface area contributed by atoms with E-state index < -0.39 is 6.04 Å². The van der Waals surface area contributed by atoms with Crippen LogP contribution >= 0.6 is 0 Å². The van der Waals surface area contributed by atoms with Gasteiger partial charge in [-0.1, -0.05) is 144 Å². The molecule has 1 saturated carbocycles. The zero-order valence-corrected chi connectivity index (χ0v) is 45.0. The van der Waals surface area contributed by atoms with Gasteiger partial charge in [0.25, 0.3) is 6.71 Å². The summed E-state index contributed by atoms with van der Waals surface area (Å²) in [7, 11) is 0. The molecule has 2 aliphatic heterocycles. The van der Waals surface area contributed by atoms with Crippen LogP contribution in [0.1, 0.15) is 193 Å². The summed E-state index contributed by atoms with van der Waals surface area (Å²) in [6.07, 6.45) is 9.01. The minimum absolute atomic E-state index is 0.000516. The molecule has 4 heteroatoms. The van der Waals surface area contributed by atoms with Crippen molar-refractivity contribution in [3.8, 4) is 11.1 Å². The van der Waals surface area contributed by atoms with Crippen molar-refractivity contribution in [3.63, 3.8) is 0 Å². The van der Waals surface area contributed by atoms with Crippen LogP contribution in [0.4, 0.5) is 34.1 Å². The number of hydrogen-bond donors (Lipinski definition) is 0. The van der Waals surface area contributed by atoms with E-state index in [-0.39, 0.29) is 74.4 Å². The summed E-state index contributed by atoms with van der Waals surface area (Å²) >= 11 is 0. The van der Waals surface area contributed by atoms with Crippen molar-refractivity contribution >= 4 is 68.4 Å². The van der Waals surface area contributed by atoms with Crippen molar-refractivity contribution in [2.45, 2.75) is 186 Å². The highest BCUT2D eigenvalue weighted by molar-refractivity contribution is 7.00. The molecule has 7 aliphatic rings. The Bertz CT molecular complexity index is 3700. The van der Waals surface area contributed by atoms with Crippen molar-refractivity contribution in [2.24, 2.45) is 0 Å². The molecule has 0 unspecified atom stereocenters. The number of nitrogens with zero attached hydrogens (tertiary/aromatic N) is 2. The summed E-state index contributed by atoms with van der Waals surface area (Å²) in [5.41, 5.74) is 21.4. The number of anilines is 6. The highest BCUT2D eigenvalue weighted by Gasteiger charge is 2.52. The Labute approximate surface area is 432 Å². The first-order chi connectivity index (χ1) is 35.5. The first-order valence-electron chi connectivity index (χ1n) is 29.4. The Hall–Kier alpha value is -5.48. The van der Waals surface area contributed by atoms with Gasteiger partial charge >= 0.3 is 0 Å². The van der Waals surface area contributed by atoms with E-state index in [1.165, 1.54) is 51.8 Å². The summed E-state index contributed by atoms with van der Waals surface area (Å²) in [4.78, 5) is 4.94. The van der Waals surface area contributed by atoms with Gasteiger partial charge in [0.2, 0.25) is 0 Å². The quantitative estimate of drug-likeness (QED) is 0.165. The maximum absolute atomic E-state index is 9.59. The van der Waals surface area contributed by atoms with E-state index in [0.717, 1.165) is 106 Å². The van der Waals surface area contributed by atoms with Gasteiger partial charge in [-0.05, 0) is 211 Å². The van der Waals surface area contributed by atoms with Crippen LogP contribution in [-0.2, 0) is 37.9 Å². The maximum atomic E-state index is 9.59. The molecule has 5 aliphatic carbocycles. The highest BCUT2D eigenvalue weighted by atomic mass is 16.3. The van der Waals surface area contributed by atoms with Crippen LogP contribution in [0.2, 0.25) is 0 Å². The lowest BCUT2D eigenvalue weighted by Crippen LogP contribution is -2.61. The van der Waals surface area contributed by atoms with E-state index in [4.69, 9.17) is 8.53 Å². The van der Waals surface area contributed by atoms with Crippen molar-refractivity contribution < 1.29 is 11.3 Å². The number of fused-ring (bicyclic) bond motifs is 10. The lowest BCUT2D eigenvalue weighted by Gasteiger charge is -2.52. The second-order valence-electron chi connectivity index (χ2n) is 27.3. The molecule has 362 valence electrons. The standard InChI is InChI=1S/C67H75BN2O/c1-40-32-47-49(65(11,12)27-26-63(47,7)8)38-53(40)70-54-35-43(61(2,3)4)20-23-52(54)68-58-55(33-42(34-56(58)70)41-18-16-15-17-19-41)69(44-21-22-46-48(36-44)64(9,10)25-24-62(46,5)6)59-45-37-50-51(39-57(45)71-60(59)68)67(14)30-28-66(50,13)29-31-67/h15-23,32-39H,24-31H2,1-14H3/i15D,16D,17D,18D,19D. The van der Waals surface area contributed by atoms with Gasteiger partial charge in [0.15, 0.2) is 0 Å². The maximum Gasteiger partial charge on any atom is 0.297 e. The van der Waals surface area contributed by atoms with Crippen LogP contribution in [0.5, 0.6) is 0 Å². The van der Waals surface area contributed by atoms with Crippen molar-refractivity contribution in [3.05, 3.63) is 148 Å². The van der Waals surface area contributed by atoms with Gasteiger partial charge in [-0.3, -0.25) is 0 Å². The van der Waals surface area contributed by atoms with Gasteiger partial charge in [-0.2, -0.15) is 0 Å². The fourth-order valence-electron chi connectivity index (χ4n) is 14.6. The molecular formula is C67H75BN2O. The number of hydrogen-bond acceptors (Lipinski definition) is 3. The molecule has 0 saturated heterocycles. The second-order valence-corrected chi connectivity index (χ2v) is 27.3. The molecule has 1 fully saturated rings. The fraction of sp³-hybridized carbons (Fsp3) is 0.433. The van der Waals surface area contributed by atoms with Crippen LogP contribution in [0.3, 0.4) is 0 Å². The van der Waals surface area contributed by atoms with E-state index in [1.807, 2.05) is 0 Å². The Morgan fingerprint density at radius 1 is 0.521 bits per heavy atom. The van der Waals surface area contributed by atoms with E-state index in [2.05, 4.69) is 180 Å². The Kier molecular flexibility index (Phi) is 8.12. The molecule has 2 bridgehead atoms. The number of benzene rings is 6.